The smallest absolute Gasteiger partial charge is 0.423 e. The number of alkyl halides is 2. The molecule has 0 aliphatic carbocycles. The Balaban J connectivity index is 2.56. The molecular formula is C10H11BF2O2. The van der Waals surface area contributed by atoms with Crippen LogP contribution in [0.25, 0.3) is 0 Å². The maximum atomic E-state index is 12.9. The molecule has 80 valence electrons. The molecule has 0 spiro atoms. The molecule has 0 radical (unpaired) electrons. The van der Waals surface area contributed by atoms with Gasteiger partial charge in [-0.3, -0.25) is 0 Å². The standard InChI is InChI=1S/C10H11BF2O2/c1-7-2-3-9-8(4-7)10(5-12,6-13)15-11(9)14/h2-4,14H,5-6H2,1H3. The minimum atomic E-state index is -1.61. The van der Waals surface area contributed by atoms with Crippen molar-refractivity contribution >= 4 is 12.6 Å². The molecule has 0 saturated carbocycles. The molecule has 5 heteroatoms. The third-order valence-electron chi connectivity index (χ3n) is 2.73. The van der Waals surface area contributed by atoms with Gasteiger partial charge in [-0.1, -0.05) is 23.8 Å². The van der Waals surface area contributed by atoms with E-state index in [4.69, 9.17) is 4.65 Å². The Morgan fingerprint density at radius 1 is 1.40 bits per heavy atom. The van der Waals surface area contributed by atoms with E-state index in [-0.39, 0.29) is 0 Å². The first-order valence-corrected chi connectivity index (χ1v) is 4.72. The van der Waals surface area contributed by atoms with Gasteiger partial charge in [0.05, 0.1) is 0 Å². The fraction of sp³-hybridized carbons (Fsp3) is 0.400. The van der Waals surface area contributed by atoms with E-state index in [0.717, 1.165) is 5.56 Å². The highest BCUT2D eigenvalue weighted by molar-refractivity contribution is 6.62. The van der Waals surface area contributed by atoms with Crippen molar-refractivity contribution in [3.05, 3.63) is 29.3 Å². The van der Waals surface area contributed by atoms with E-state index in [0.29, 0.717) is 11.0 Å². The second-order valence-corrected chi connectivity index (χ2v) is 3.82. The van der Waals surface area contributed by atoms with E-state index in [2.05, 4.69) is 0 Å². The normalized spacial score (nSPS) is 18.0. The molecule has 0 saturated heterocycles. The molecule has 0 atom stereocenters. The van der Waals surface area contributed by atoms with Gasteiger partial charge in [0.15, 0.2) is 0 Å². The number of benzene rings is 1. The molecule has 2 nitrogen and oxygen atoms in total. The zero-order valence-electron chi connectivity index (χ0n) is 8.34. The van der Waals surface area contributed by atoms with Gasteiger partial charge in [0.2, 0.25) is 0 Å². The quantitative estimate of drug-likeness (QED) is 0.736. The van der Waals surface area contributed by atoms with Crippen LogP contribution in [0, 0.1) is 6.92 Å². The first-order chi connectivity index (χ1) is 7.13. The van der Waals surface area contributed by atoms with E-state index in [1.807, 2.05) is 6.92 Å². The molecular weight excluding hydrogens is 201 g/mol. The molecule has 0 amide bonds. The van der Waals surface area contributed by atoms with Crippen LogP contribution in [0.2, 0.25) is 0 Å². The third-order valence-corrected chi connectivity index (χ3v) is 2.73. The SMILES string of the molecule is Cc1ccc2c(c1)C(CF)(CF)OB2O. The van der Waals surface area contributed by atoms with Crippen LogP contribution in [0.4, 0.5) is 8.78 Å². The number of aryl methyl sites for hydroxylation is 1. The zero-order chi connectivity index (χ0) is 11.1. The lowest BCUT2D eigenvalue weighted by molar-refractivity contribution is 0.0105. The van der Waals surface area contributed by atoms with Crippen LogP contribution in [0.3, 0.4) is 0 Å². The van der Waals surface area contributed by atoms with Gasteiger partial charge in [-0.2, -0.15) is 0 Å². The van der Waals surface area contributed by atoms with Crippen LogP contribution < -0.4 is 5.46 Å². The first kappa shape index (κ1) is 10.6. The van der Waals surface area contributed by atoms with Crippen LogP contribution in [0.1, 0.15) is 11.1 Å². The third kappa shape index (κ3) is 1.46. The zero-order valence-corrected chi connectivity index (χ0v) is 8.34. The first-order valence-electron chi connectivity index (χ1n) is 4.72. The Labute approximate surface area is 87.0 Å². The summed E-state index contributed by atoms with van der Waals surface area (Å²) in [6.07, 6.45) is 0. The van der Waals surface area contributed by atoms with Crippen LogP contribution in [0.15, 0.2) is 18.2 Å². The summed E-state index contributed by atoms with van der Waals surface area (Å²) in [6, 6.07) is 5.07. The van der Waals surface area contributed by atoms with Crippen molar-refractivity contribution in [3.63, 3.8) is 0 Å². The second-order valence-electron chi connectivity index (χ2n) is 3.82. The van der Waals surface area contributed by atoms with Crippen LogP contribution in [-0.4, -0.2) is 25.5 Å². The van der Waals surface area contributed by atoms with Gasteiger partial charge < -0.3 is 9.68 Å². The topological polar surface area (TPSA) is 29.5 Å². The van der Waals surface area contributed by atoms with Gasteiger partial charge in [-0.05, 0) is 17.9 Å². The molecule has 1 aliphatic heterocycles. The van der Waals surface area contributed by atoms with Gasteiger partial charge in [0.1, 0.15) is 19.0 Å². The highest BCUT2D eigenvalue weighted by Gasteiger charge is 2.47. The predicted octanol–water partition coefficient (Wildman–Crippen LogP) is 0.847. The summed E-state index contributed by atoms with van der Waals surface area (Å²) in [5.41, 5.74) is 0.148. The van der Waals surface area contributed by atoms with Gasteiger partial charge in [0.25, 0.3) is 0 Å². The van der Waals surface area contributed by atoms with E-state index in [1.165, 1.54) is 0 Å². The van der Waals surface area contributed by atoms with E-state index in [9.17, 15) is 13.8 Å². The van der Waals surface area contributed by atoms with E-state index in [1.54, 1.807) is 18.2 Å². The van der Waals surface area contributed by atoms with Crippen molar-refractivity contribution in [1.82, 2.24) is 0 Å². The molecule has 1 aromatic rings. The maximum Gasteiger partial charge on any atom is 0.492 e. The number of hydrogen-bond donors (Lipinski definition) is 1. The minimum Gasteiger partial charge on any atom is -0.423 e. The lowest BCUT2D eigenvalue weighted by atomic mass is 9.78. The van der Waals surface area contributed by atoms with Crippen molar-refractivity contribution in [2.45, 2.75) is 12.5 Å². The van der Waals surface area contributed by atoms with Crippen LogP contribution in [-0.2, 0) is 10.3 Å². The molecule has 15 heavy (non-hydrogen) atoms. The van der Waals surface area contributed by atoms with Crippen molar-refractivity contribution in [3.8, 4) is 0 Å². The molecule has 2 rings (SSSR count). The molecule has 0 unspecified atom stereocenters. The van der Waals surface area contributed by atoms with Crippen LogP contribution in [0.5, 0.6) is 0 Å². The Hall–Kier alpha value is -0.935. The summed E-state index contributed by atoms with van der Waals surface area (Å²) in [5.74, 6) is 0. The largest absolute Gasteiger partial charge is 0.492 e. The van der Waals surface area contributed by atoms with Gasteiger partial charge >= 0.3 is 7.12 Å². The van der Waals surface area contributed by atoms with Crippen LogP contribution >= 0.6 is 0 Å². The molecule has 1 aliphatic rings. The number of rotatable bonds is 2. The highest BCUT2D eigenvalue weighted by atomic mass is 19.1. The summed E-state index contributed by atoms with van der Waals surface area (Å²) < 4.78 is 30.7. The lowest BCUT2D eigenvalue weighted by Crippen LogP contribution is -2.33. The Kier molecular flexibility index (Phi) is 2.52. The van der Waals surface area contributed by atoms with Crippen molar-refractivity contribution in [2.24, 2.45) is 0 Å². The summed E-state index contributed by atoms with van der Waals surface area (Å²) in [4.78, 5) is 0. The van der Waals surface area contributed by atoms with Crippen molar-refractivity contribution < 1.29 is 18.5 Å². The molecule has 0 aromatic heterocycles. The predicted molar refractivity (Wildman–Crippen MR) is 53.5 cm³/mol. The van der Waals surface area contributed by atoms with Gasteiger partial charge in [-0.25, -0.2) is 8.78 Å². The Morgan fingerprint density at radius 2 is 2.07 bits per heavy atom. The molecule has 1 aromatic carbocycles. The number of hydrogen-bond acceptors (Lipinski definition) is 2. The summed E-state index contributed by atoms with van der Waals surface area (Å²) in [7, 11) is -1.23. The molecule has 0 fully saturated rings. The Bertz CT molecular complexity index is 380. The van der Waals surface area contributed by atoms with Crippen molar-refractivity contribution in [2.75, 3.05) is 13.3 Å². The van der Waals surface area contributed by atoms with Gasteiger partial charge in [0, 0.05) is 0 Å². The van der Waals surface area contributed by atoms with E-state index < -0.39 is 26.1 Å². The number of fused-ring (bicyclic) bond motifs is 1. The monoisotopic (exact) mass is 212 g/mol. The fourth-order valence-corrected chi connectivity index (χ4v) is 1.86. The molecule has 0 bridgehead atoms. The average molecular weight is 212 g/mol. The van der Waals surface area contributed by atoms with Gasteiger partial charge in [-0.15, -0.1) is 0 Å². The van der Waals surface area contributed by atoms with E-state index >= 15 is 0 Å². The average Bonchev–Trinajstić information content (AvgIpc) is 2.52. The fourth-order valence-electron chi connectivity index (χ4n) is 1.86. The van der Waals surface area contributed by atoms with Crippen molar-refractivity contribution in [1.29, 1.82) is 0 Å². The summed E-state index contributed by atoms with van der Waals surface area (Å²) in [5, 5.41) is 9.51. The molecule has 1 heterocycles. The Morgan fingerprint density at radius 3 is 2.67 bits per heavy atom. The second kappa shape index (κ2) is 3.57. The highest BCUT2D eigenvalue weighted by Crippen LogP contribution is 2.32. The molecule has 1 N–H and O–H groups in total. The summed E-state index contributed by atoms with van der Waals surface area (Å²) in [6.45, 7) is -0.125. The minimum absolute atomic E-state index is 0.417. The summed E-state index contributed by atoms with van der Waals surface area (Å²) >= 11 is 0. The number of halogens is 2. The maximum absolute atomic E-state index is 12.9. The lowest BCUT2D eigenvalue weighted by Gasteiger charge is -2.23.